The van der Waals surface area contributed by atoms with E-state index in [0.29, 0.717) is 19.8 Å². The Hall–Kier alpha value is -0.113. The largest absolute Gasteiger partial charge is 0.484 e. The lowest BCUT2D eigenvalue weighted by Gasteiger charge is -2.12. The zero-order valence-corrected chi connectivity index (χ0v) is 9.79. The molecule has 0 aromatic rings. The molecule has 0 fully saturated rings. The zero-order valence-electron chi connectivity index (χ0n) is 8.63. The highest BCUT2D eigenvalue weighted by atomic mass is 28.3. The molecule has 0 N–H and O–H groups in total. The average molecular weight is 234 g/mol. The first-order valence-corrected chi connectivity index (χ1v) is 5.76. The standard InChI is InChI=1S/C6H16O3Si.CHF3/c1-4-7-10(8-5-2)9-6-3;2-1(3)4/h10H,4-6H2,1-3H3;1H. The van der Waals surface area contributed by atoms with E-state index in [2.05, 4.69) is 0 Å². The monoisotopic (exact) mass is 234 g/mol. The maximum absolute atomic E-state index is 9.67. The highest BCUT2D eigenvalue weighted by molar-refractivity contribution is 6.36. The molecule has 0 aliphatic heterocycles. The predicted molar refractivity (Wildman–Crippen MR) is 49.1 cm³/mol. The molecule has 0 unspecified atom stereocenters. The third-order valence-electron chi connectivity index (χ3n) is 0.908. The molecule has 88 valence electrons. The molecule has 0 amide bonds. The third kappa shape index (κ3) is 17.8. The minimum Gasteiger partial charge on any atom is -0.376 e. The second-order valence-electron chi connectivity index (χ2n) is 1.90. The van der Waals surface area contributed by atoms with Crippen molar-refractivity contribution in [3.05, 3.63) is 0 Å². The fourth-order valence-electron chi connectivity index (χ4n) is 0.553. The van der Waals surface area contributed by atoms with Gasteiger partial charge in [0.05, 0.1) is 0 Å². The van der Waals surface area contributed by atoms with Crippen molar-refractivity contribution in [1.82, 2.24) is 0 Å². The number of hydrogen-bond acceptors (Lipinski definition) is 3. The summed E-state index contributed by atoms with van der Waals surface area (Å²) in [7, 11) is -1.73. The summed E-state index contributed by atoms with van der Waals surface area (Å²) >= 11 is 0. The van der Waals surface area contributed by atoms with E-state index in [4.69, 9.17) is 13.3 Å². The van der Waals surface area contributed by atoms with Crippen LogP contribution in [-0.4, -0.2) is 36.0 Å². The normalized spacial score (nSPS) is 10.3. The Morgan fingerprint density at radius 1 is 0.857 bits per heavy atom. The van der Waals surface area contributed by atoms with Gasteiger partial charge in [-0.1, -0.05) is 0 Å². The van der Waals surface area contributed by atoms with Gasteiger partial charge in [0.2, 0.25) is 0 Å². The minimum absolute atomic E-state index is 0.677. The average Bonchev–Trinajstić information content (AvgIpc) is 2.04. The van der Waals surface area contributed by atoms with E-state index >= 15 is 0 Å². The fourth-order valence-corrected chi connectivity index (χ4v) is 1.66. The van der Waals surface area contributed by atoms with Crippen LogP contribution < -0.4 is 0 Å². The van der Waals surface area contributed by atoms with Gasteiger partial charge in [-0.3, -0.25) is 0 Å². The molecule has 14 heavy (non-hydrogen) atoms. The molecule has 0 atom stereocenters. The summed E-state index contributed by atoms with van der Waals surface area (Å²) in [4.78, 5) is 0. The first-order valence-electron chi connectivity index (χ1n) is 4.35. The molecule has 0 spiro atoms. The molecule has 0 aromatic carbocycles. The van der Waals surface area contributed by atoms with Crippen molar-refractivity contribution in [2.24, 2.45) is 0 Å². The summed E-state index contributed by atoms with van der Waals surface area (Å²) in [6.45, 7) is 4.19. The van der Waals surface area contributed by atoms with Crippen LogP contribution in [0.4, 0.5) is 13.2 Å². The zero-order chi connectivity index (χ0) is 11.4. The van der Waals surface area contributed by atoms with E-state index in [1.165, 1.54) is 0 Å². The molecule has 0 aromatic heterocycles. The molecule has 0 radical (unpaired) electrons. The summed E-state index contributed by atoms with van der Waals surface area (Å²) in [6.07, 6.45) is 0. The van der Waals surface area contributed by atoms with Crippen molar-refractivity contribution in [3.63, 3.8) is 0 Å². The van der Waals surface area contributed by atoms with Crippen LogP contribution in [0, 0.1) is 0 Å². The molecule has 0 heterocycles. The fraction of sp³-hybridized carbons (Fsp3) is 1.00. The first kappa shape index (κ1) is 16.3. The Bertz CT molecular complexity index is 91.2. The number of halogens is 3. The van der Waals surface area contributed by atoms with E-state index in [9.17, 15) is 13.2 Å². The lowest BCUT2D eigenvalue weighted by Crippen LogP contribution is -2.27. The molecular formula is C7H17F3O3Si. The van der Waals surface area contributed by atoms with Crippen molar-refractivity contribution < 1.29 is 26.4 Å². The second kappa shape index (κ2) is 12.9. The maximum Gasteiger partial charge on any atom is 0.484 e. The first-order chi connectivity index (χ1) is 6.58. The Morgan fingerprint density at radius 3 is 1.21 bits per heavy atom. The van der Waals surface area contributed by atoms with E-state index in [1.54, 1.807) is 0 Å². The number of rotatable bonds is 6. The molecular weight excluding hydrogens is 217 g/mol. The van der Waals surface area contributed by atoms with Crippen LogP contribution in [0.5, 0.6) is 0 Å². The number of alkyl halides is 3. The summed E-state index contributed by atoms with van der Waals surface area (Å²) < 4.78 is 44.7. The van der Waals surface area contributed by atoms with Crippen molar-refractivity contribution in [2.45, 2.75) is 27.5 Å². The molecule has 3 nitrogen and oxygen atoms in total. The van der Waals surface area contributed by atoms with Gasteiger partial charge in [0.25, 0.3) is 0 Å². The Labute approximate surface area is 84.1 Å². The van der Waals surface area contributed by atoms with Gasteiger partial charge >= 0.3 is 16.2 Å². The third-order valence-corrected chi connectivity index (χ3v) is 2.72. The molecule has 0 saturated carbocycles. The lowest BCUT2D eigenvalue weighted by molar-refractivity contribution is 0.00819. The van der Waals surface area contributed by atoms with Crippen LogP contribution in [0.3, 0.4) is 0 Å². The molecule has 0 aliphatic carbocycles. The highest BCUT2D eigenvalue weighted by Gasteiger charge is 2.11. The van der Waals surface area contributed by atoms with Crippen molar-refractivity contribution in [3.8, 4) is 0 Å². The van der Waals surface area contributed by atoms with Gasteiger partial charge in [0.1, 0.15) is 0 Å². The van der Waals surface area contributed by atoms with Crippen molar-refractivity contribution in [1.29, 1.82) is 0 Å². The van der Waals surface area contributed by atoms with Crippen LogP contribution >= 0.6 is 0 Å². The predicted octanol–water partition coefficient (Wildman–Crippen LogP) is 1.99. The second-order valence-corrected chi connectivity index (χ2v) is 3.48. The Balaban J connectivity index is 0. The maximum atomic E-state index is 9.67. The van der Waals surface area contributed by atoms with E-state index < -0.39 is 16.2 Å². The molecule has 7 heteroatoms. The van der Waals surface area contributed by atoms with Gasteiger partial charge in [0, 0.05) is 19.8 Å². The van der Waals surface area contributed by atoms with E-state index in [0.717, 1.165) is 0 Å². The van der Waals surface area contributed by atoms with E-state index in [1.807, 2.05) is 20.8 Å². The van der Waals surface area contributed by atoms with Crippen molar-refractivity contribution >= 4 is 9.53 Å². The topological polar surface area (TPSA) is 27.7 Å². The van der Waals surface area contributed by atoms with Gasteiger partial charge in [0.15, 0.2) is 0 Å². The molecule has 0 aliphatic rings. The summed E-state index contributed by atoms with van der Waals surface area (Å²) in [5.74, 6) is 0. The van der Waals surface area contributed by atoms with E-state index in [-0.39, 0.29) is 0 Å². The van der Waals surface area contributed by atoms with Crippen LogP contribution in [-0.2, 0) is 13.3 Å². The summed E-state index contributed by atoms with van der Waals surface area (Å²) in [6, 6.07) is 0. The van der Waals surface area contributed by atoms with Gasteiger partial charge in [-0.15, -0.1) is 0 Å². The van der Waals surface area contributed by atoms with Gasteiger partial charge < -0.3 is 13.3 Å². The molecule has 0 rings (SSSR count). The van der Waals surface area contributed by atoms with Crippen molar-refractivity contribution in [2.75, 3.05) is 19.8 Å². The highest BCUT2D eigenvalue weighted by Crippen LogP contribution is 1.91. The molecule has 0 saturated heterocycles. The van der Waals surface area contributed by atoms with Gasteiger partial charge in [-0.2, -0.15) is 13.2 Å². The Morgan fingerprint density at radius 2 is 1.07 bits per heavy atom. The summed E-state index contributed by atoms with van der Waals surface area (Å²) in [5.41, 5.74) is 0. The van der Waals surface area contributed by atoms with Crippen LogP contribution in [0.15, 0.2) is 0 Å². The van der Waals surface area contributed by atoms with Crippen LogP contribution in [0.1, 0.15) is 20.8 Å². The molecule has 0 bridgehead atoms. The Kier molecular flexibility index (Phi) is 15.0. The van der Waals surface area contributed by atoms with Crippen LogP contribution in [0.2, 0.25) is 0 Å². The smallest absolute Gasteiger partial charge is 0.376 e. The van der Waals surface area contributed by atoms with Gasteiger partial charge in [-0.25, -0.2) is 0 Å². The quantitative estimate of drug-likeness (QED) is 0.658. The number of hydrogen-bond donors (Lipinski definition) is 0. The van der Waals surface area contributed by atoms with Crippen LogP contribution in [0.25, 0.3) is 0 Å². The minimum atomic E-state index is -3.67. The lowest BCUT2D eigenvalue weighted by atomic mass is 10.9. The summed E-state index contributed by atoms with van der Waals surface area (Å²) in [5, 5.41) is 0. The SMILES string of the molecule is CCO[SiH](OCC)OCC.FC(F)F. The van der Waals surface area contributed by atoms with Gasteiger partial charge in [-0.05, 0) is 20.8 Å².